The Hall–Kier alpha value is -2.90. The van der Waals surface area contributed by atoms with Crippen LogP contribution in [-0.2, 0) is 13.7 Å². The minimum absolute atomic E-state index is 0.00987. The highest BCUT2D eigenvalue weighted by molar-refractivity contribution is 5.88. The molecule has 0 radical (unpaired) electrons. The van der Waals surface area contributed by atoms with Gasteiger partial charge in [-0.05, 0) is 12.1 Å². The number of nitro benzene ring substituents is 1. The van der Waals surface area contributed by atoms with E-state index in [2.05, 4.69) is 5.10 Å². The van der Waals surface area contributed by atoms with E-state index in [1.807, 2.05) is 0 Å². The molecule has 1 N–H and O–H groups in total. The summed E-state index contributed by atoms with van der Waals surface area (Å²) in [6.07, 6.45) is 1.25. The number of hydrogen-bond donors (Lipinski definition) is 1. The predicted octanol–water partition coefficient (Wildman–Crippen LogP) is 1.61. The number of carboxylic acids is 1. The summed E-state index contributed by atoms with van der Waals surface area (Å²) >= 11 is 0. The van der Waals surface area contributed by atoms with Crippen molar-refractivity contribution in [3.05, 3.63) is 51.8 Å². The van der Waals surface area contributed by atoms with E-state index in [1.54, 1.807) is 7.05 Å². The number of aromatic nitrogens is 2. The fourth-order valence-corrected chi connectivity index (χ4v) is 1.63. The lowest BCUT2D eigenvalue weighted by atomic mass is 10.2. The Morgan fingerprint density at radius 3 is 2.65 bits per heavy atom. The number of non-ortho nitro benzene ring substituents is 1. The first-order chi connectivity index (χ1) is 9.49. The number of carbonyl (C=O) groups is 1. The van der Waals surface area contributed by atoms with Gasteiger partial charge in [-0.2, -0.15) is 5.10 Å². The molecule has 1 aromatic carbocycles. The second kappa shape index (κ2) is 5.39. The fraction of sp³-hybridized carbons (Fsp3) is 0.167. The van der Waals surface area contributed by atoms with E-state index in [0.717, 1.165) is 0 Å². The molecule has 0 spiro atoms. The molecule has 0 saturated heterocycles. The molecule has 1 heterocycles. The van der Waals surface area contributed by atoms with Gasteiger partial charge in [0.2, 0.25) is 0 Å². The van der Waals surface area contributed by atoms with Gasteiger partial charge in [0, 0.05) is 19.2 Å². The van der Waals surface area contributed by atoms with Gasteiger partial charge >= 0.3 is 5.97 Å². The van der Waals surface area contributed by atoms with Crippen LogP contribution in [0.15, 0.2) is 30.5 Å². The number of nitrogens with zero attached hydrogens (tertiary/aromatic N) is 3. The summed E-state index contributed by atoms with van der Waals surface area (Å²) in [7, 11) is 1.61. The third kappa shape index (κ3) is 2.74. The molecule has 20 heavy (non-hydrogen) atoms. The van der Waals surface area contributed by atoms with Crippen molar-refractivity contribution in [2.24, 2.45) is 7.05 Å². The summed E-state index contributed by atoms with van der Waals surface area (Å²) < 4.78 is 6.82. The number of carboxylic acid groups (broad SMARTS) is 1. The van der Waals surface area contributed by atoms with E-state index in [9.17, 15) is 14.9 Å². The summed E-state index contributed by atoms with van der Waals surface area (Å²) in [5.74, 6) is -0.673. The topological polar surface area (TPSA) is 107 Å². The van der Waals surface area contributed by atoms with Crippen molar-refractivity contribution in [1.29, 1.82) is 0 Å². The highest BCUT2D eigenvalue weighted by Gasteiger charge is 2.15. The molecule has 0 atom stereocenters. The van der Waals surface area contributed by atoms with E-state index < -0.39 is 10.9 Å². The molecule has 104 valence electrons. The van der Waals surface area contributed by atoms with Crippen molar-refractivity contribution in [1.82, 2.24) is 9.78 Å². The molecule has 2 rings (SSSR count). The molecule has 0 aliphatic rings. The highest BCUT2D eigenvalue weighted by Crippen LogP contribution is 2.19. The van der Waals surface area contributed by atoms with Crippen molar-refractivity contribution in [3.8, 4) is 5.75 Å². The number of hydrogen-bond acceptors (Lipinski definition) is 5. The van der Waals surface area contributed by atoms with Gasteiger partial charge in [-0.1, -0.05) is 0 Å². The molecule has 0 fully saturated rings. The summed E-state index contributed by atoms with van der Waals surface area (Å²) in [6.45, 7) is 0.00987. The van der Waals surface area contributed by atoms with Crippen molar-refractivity contribution >= 4 is 11.7 Å². The van der Waals surface area contributed by atoms with Crippen molar-refractivity contribution < 1.29 is 19.6 Å². The lowest BCUT2D eigenvalue weighted by Crippen LogP contribution is -2.08. The largest absolute Gasteiger partial charge is 0.487 e. The zero-order chi connectivity index (χ0) is 14.7. The monoisotopic (exact) mass is 277 g/mol. The number of aryl methyl sites for hydroxylation is 1. The normalized spacial score (nSPS) is 10.2. The smallest absolute Gasteiger partial charge is 0.339 e. The van der Waals surface area contributed by atoms with Crippen LogP contribution in [0.1, 0.15) is 16.1 Å². The third-order valence-corrected chi connectivity index (χ3v) is 2.72. The van der Waals surface area contributed by atoms with Crippen LogP contribution in [0.25, 0.3) is 0 Å². The summed E-state index contributed by atoms with van der Waals surface area (Å²) in [6, 6.07) is 5.54. The molecular weight excluding hydrogens is 266 g/mol. The standard InChI is InChI=1S/C12H11N3O5/c1-14-11(10(6-13-14)12(16)17)7-20-9-4-2-8(3-5-9)15(18)19/h2-6H,7H2,1H3,(H,16,17). The second-order valence-corrected chi connectivity index (χ2v) is 3.97. The van der Waals surface area contributed by atoms with Crippen LogP contribution >= 0.6 is 0 Å². The van der Waals surface area contributed by atoms with Gasteiger partial charge in [0.15, 0.2) is 0 Å². The van der Waals surface area contributed by atoms with Gasteiger partial charge in [-0.3, -0.25) is 14.8 Å². The Morgan fingerprint density at radius 1 is 1.45 bits per heavy atom. The van der Waals surface area contributed by atoms with Gasteiger partial charge in [0.05, 0.1) is 16.8 Å². The summed E-state index contributed by atoms with van der Waals surface area (Å²) in [4.78, 5) is 21.0. The van der Waals surface area contributed by atoms with Gasteiger partial charge in [-0.15, -0.1) is 0 Å². The fourth-order valence-electron chi connectivity index (χ4n) is 1.63. The maximum Gasteiger partial charge on any atom is 0.339 e. The van der Waals surface area contributed by atoms with Crippen molar-refractivity contribution in [3.63, 3.8) is 0 Å². The lowest BCUT2D eigenvalue weighted by molar-refractivity contribution is -0.384. The molecule has 8 nitrogen and oxygen atoms in total. The first-order valence-electron chi connectivity index (χ1n) is 5.60. The van der Waals surface area contributed by atoms with E-state index in [1.165, 1.54) is 35.1 Å². The van der Waals surface area contributed by atoms with Crippen LogP contribution in [-0.4, -0.2) is 25.8 Å². The number of aromatic carboxylic acids is 1. The minimum Gasteiger partial charge on any atom is -0.487 e. The van der Waals surface area contributed by atoms with Gasteiger partial charge in [0.25, 0.3) is 5.69 Å². The first-order valence-corrected chi connectivity index (χ1v) is 5.60. The molecule has 8 heteroatoms. The van der Waals surface area contributed by atoms with Crippen LogP contribution in [0.2, 0.25) is 0 Å². The van der Waals surface area contributed by atoms with E-state index >= 15 is 0 Å². The molecule has 0 aliphatic heterocycles. The Labute approximate surface area is 113 Å². The number of ether oxygens (including phenoxy) is 1. The quantitative estimate of drug-likeness (QED) is 0.657. The third-order valence-electron chi connectivity index (χ3n) is 2.72. The average molecular weight is 277 g/mol. The molecule has 0 bridgehead atoms. The van der Waals surface area contributed by atoms with Gasteiger partial charge < -0.3 is 9.84 Å². The SMILES string of the molecule is Cn1ncc(C(=O)O)c1COc1ccc([N+](=O)[O-])cc1. The predicted molar refractivity (Wildman–Crippen MR) is 67.6 cm³/mol. The van der Waals surface area contributed by atoms with E-state index in [4.69, 9.17) is 9.84 Å². The maximum atomic E-state index is 11.0. The van der Waals surface area contributed by atoms with E-state index in [-0.39, 0.29) is 17.9 Å². The molecule has 0 saturated carbocycles. The molecule has 0 amide bonds. The lowest BCUT2D eigenvalue weighted by Gasteiger charge is -2.07. The summed E-state index contributed by atoms with van der Waals surface area (Å²) in [5, 5.41) is 23.4. The first kappa shape index (κ1) is 13.5. The van der Waals surface area contributed by atoms with Crippen molar-refractivity contribution in [2.75, 3.05) is 0 Å². The van der Waals surface area contributed by atoms with E-state index in [0.29, 0.717) is 11.4 Å². The highest BCUT2D eigenvalue weighted by atomic mass is 16.6. The minimum atomic E-state index is -1.08. The number of rotatable bonds is 5. The number of nitro groups is 1. The molecule has 0 unspecified atom stereocenters. The van der Waals surface area contributed by atoms with Crippen molar-refractivity contribution in [2.45, 2.75) is 6.61 Å². The number of benzene rings is 1. The Kier molecular flexibility index (Phi) is 3.65. The molecular formula is C12H11N3O5. The van der Waals surface area contributed by atoms with Crippen LogP contribution in [0, 0.1) is 10.1 Å². The Morgan fingerprint density at radius 2 is 2.10 bits per heavy atom. The van der Waals surface area contributed by atoms with Crippen LogP contribution in [0.3, 0.4) is 0 Å². The zero-order valence-corrected chi connectivity index (χ0v) is 10.5. The second-order valence-electron chi connectivity index (χ2n) is 3.97. The van der Waals surface area contributed by atoms with Gasteiger partial charge in [0.1, 0.15) is 17.9 Å². The Bertz CT molecular complexity index is 648. The average Bonchev–Trinajstić information content (AvgIpc) is 2.78. The molecule has 2 aromatic rings. The maximum absolute atomic E-state index is 11.0. The van der Waals surface area contributed by atoms with Crippen LogP contribution < -0.4 is 4.74 Å². The zero-order valence-electron chi connectivity index (χ0n) is 10.5. The summed E-state index contributed by atoms with van der Waals surface area (Å²) in [5.41, 5.74) is 0.439. The molecule has 1 aromatic heterocycles. The van der Waals surface area contributed by atoms with Crippen LogP contribution in [0.5, 0.6) is 5.75 Å². The van der Waals surface area contributed by atoms with Crippen LogP contribution in [0.4, 0.5) is 5.69 Å². The van der Waals surface area contributed by atoms with Gasteiger partial charge in [-0.25, -0.2) is 4.79 Å². The Balaban J connectivity index is 2.11. The molecule has 0 aliphatic carbocycles.